The topological polar surface area (TPSA) is 104 Å². The molecule has 0 spiro atoms. The number of benzene rings is 1. The van der Waals surface area contributed by atoms with Crippen molar-refractivity contribution in [2.75, 3.05) is 25.5 Å². The van der Waals surface area contributed by atoms with Gasteiger partial charge in [0.15, 0.2) is 5.96 Å². The van der Waals surface area contributed by atoms with Crippen molar-refractivity contribution in [2.24, 2.45) is 4.99 Å². The lowest BCUT2D eigenvalue weighted by Gasteiger charge is -2.12. The van der Waals surface area contributed by atoms with E-state index in [2.05, 4.69) is 32.9 Å². The molecule has 0 saturated heterocycles. The number of aryl methyl sites for hydroxylation is 2. The molecule has 1 heterocycles. The second-order valence-corrected chi connectivity index (χ2v) is 6.62. The SMILES string of the molecule is CN=C(NCCNc1ccc([N+](=O)[O-])cc1)NCc1nc(C)c(C)s1. The van der Waals surface area contributed by atoms with E-state index in [0.29, 0.717) is 25.6 Å². The molecule has 2 rings (SSSR count). The summed E-state index contributed by atoms with van der Waals surface area (Å²) in [6.07, 6.45) is 0. The minimum absolute atomic E-state index is 0.0842. The maximum atomic E-state index is 10.6. The highest BCUT2D eigenvalue weighted by Gasteiger charge is 2.05. The lowest BCUT2D eigenvalue weighted by molar-refractivity contribution is -0.384. The summed E-state index contributed by atoms with van der Waals surface area (Å²) >= 11 is 1.68. The Hall–Kier alpha value is -2.68. The van der Waals surface area contributed by atoms with Crippen LogP contribution in [0.5, 0.6) is 0 Å². The molecule has 0 aliphatic rings. The van der Waals surface area contributed by atoms with Crippen molar-refractivity contribution in [3.63, 3.8) is 0 Å². The minimum Gasteiger partial charge on any atom is -0.383 e. The Morgan fingerprint density at radius 1 is 1.24 bits per heavy atom. The first-order valence-corrected chi connectivity index (χ1v) is 8.67. The number of guanidine groups is 1. The molecule has 3 N–H and O–H groups in total. The molecule has 0 saturated carbocycles. The van der Waals surface area contributed by atoms with Crippen LogP contribution in [0.25, 0.3) is 0 Å². The molecular weight excluding hydrogens is 340 g/mol. The van der Waals surface area contributed by atoms with Crippen LogP contribution in [0.2, 0.25) is 0 Å². The van der Waals surface area contributed by atoms with Gasteiger partial charge in [0.05, 0.1) is 17.2 Å². The predicted octanol–water partition coefficient (Wildman–Crippen LogP) is 2.45. The first-order chi connectivity index (χ1) is 12.0. The van der Waals surface area contributed by atoms with E-state index < -0.39 is 4.92 Å². The monoisotopic (exact) mass is 362 g/mol. The number of hydrogen-bond donors (Lipinski definition) is 3. The van der Waals surface area contributed by atoms with Crippen LogP contribution in [-0.4, -0.2) is 36.0 Å². The third kappa shape index (κ3) is 5.71. The highest BCUT2D eigenvalue weighted by molar-refractivity contribution is 7.11. The number of nitrogens with one attached hydrogen (secondary N) is 3. The average molecular weight is 362 g/mol. The fourth-order valence-corrected chi connectivity index (χ4v) is 2.96. The van der Waals surface area contributed by atoms with Crippen molar-refractivity contribution >= 4 is 28.7 Å². The van der Waals surface area contributed by atoms with E-state index in [0.717, 1.165) is 16.4 Å². The molecule has 0 radical (unpaired) electrons. The smallest absolute Gasteiger partial charge is 0.269 e. The van der Waals surface area contributed by atoms with Crippen LogP contribution < -0.4 is 16.0 Å². The number of aromatic nitrogens is 1. The number of non-ortho nitro benzene ring substituents is 1. The van der Waals surface area contributed by atoms with E-state index in [1.165, 1.54) is 17.0 Å². The van der Waals surface area contributed by atoms with Gasteiger partial charge in [-0.25, -0.2) is 4.98 Å². The number of thiazole rings is 1. The second-order valence-electron chi connectivity index (χ2n) is 5.33. The van der Waals surface area contributed by atoms with Crippen molar-refractivity contribution in [3.8, 4) is 0 Å². The number of hydrogen-bond acceptors (Lipinski definition) is 6. The van der Waals surface area contributed by atoms with Crippen LogP contribution >= 0.6 is 11.3 Å². The van der Waals surface area contributed by atoms with Crippen LogP contribution in [0, 0.1) is 24.0 Å². The van der Waals surface area contributed by atoms with Crippen molar-refractivity contribution in [1.82, 2.24) is 15.6 Å². The molecule has 0 aliphatic carbocycles. The van der Waals surface area contributed by atoms with Crippen LogP contribution in [0.1, 0.15) is 15.6 Å². The average Bonchev–Trinajstić information content (AvgIpc) is 2.92. The fraction of sp³-hybridized carbons (Fsp3) is 0.375. The molecular formula is C16H22N6O2S. The van der Waals surface area contributed by atoms with E-state index in [1.807, 2.05) is 6.92 Å². The van der Waals surface area contributed by atoms with Crippen molar-refractivity contribution in [2.45, 2.75) is 20.4 Å². The molecule has 8 nitrogen and oxygen atoms in total. The molecule has 0 atom stereocenters. The van der Waals surface area contributed by atoms with Gasteiger partial charge >= 0.3 is 0 Å². The van der Waals surface area contributed by atoms with Crippen molar-refractivity contribution in [1.29, 1.82) is 0 Å². The van der Waals surface area contributed by atoms with E-state index in [9.17, 15) is 10.1 Å². The summed E-state index contributed by atoms with van der Waals surface area (Å²) in [7, 11) is 1.72. The molecule has 0 aliphatic heterocycles. The number of nitro groups is 1. The van der Waals surface area contributed by atoms with Crippen LogP contribution in [0.15, 0.2) is 29.3 Å². The molecule has 1 aromatic carbocycles. The molecule has 1 aromatic heterocycles. The third-order valence-electron chi connectivity index (χ3n) is 3.53. The summed E-state index contributed by atoms with van der Waals surface area (Å²) in [4.78, 5) is 20.1. The summed E-state index contributed by atoms with van der Waals surface area (Å²) in [5, 5.41) is 21.3. The Balaban J connectivity index is 1.71. The largest absolute Gasteiger partial charge is 0.383 e. The first-order valence-electron chi connectivity index (χ1n) is 7.85. The summed E-state index contributed by atoms with van der Waals surface area (Å²) in [6.45, 7) is 6.02. The van der Waals surface area contributed by atoms with Crippen LogP contribution in [0.3, 0.4) is 0 Å². The lowest BCUT2D eigenvalue weighted by Crippen LogP contribution is -2.39. The fourth-order valence-electron chi connectivity index (χ4n) is 2.08. The molecule has 0 amide bonds. The molecule has 9 heteroatoms. The van der Waals surface area contributed by atoms with Crippen molar-refractivity contribution in [3.05, 3.63) is 50.0 Å². The number of nitro benzene ring substituents is 1. The Labute approximate surface area is 150 Å². The zero-order valence-corrected chi connectivity index (χ0v) is 15.3. The standard InChI is InChI=1S/C16H22N6O2S/c1-11-12(2)25-15(21-11)10-20-16(17-3)19-9-8-18-13-4-6-14(7-5-13)22(23)24/h4-7,18H,8-10H2,1-3H3,(H2,17,19,20). The number of anilines is 1. The van der Waals surface area contributed by atoms with Gasteiger partial charge in [-0.05, 0) is 26.0 Å². The minimum atomic E-state index is -0.410. The Bertz CT molecular complexity index is 722. The Morgan fingerprint density at radius 2 is 1.96 bits per heavy atom. The first kappa shape index (κ1) is 18.7. The molecule has 25 heavy (non-hydrogen) atoms. The zero-order valence-electron chi connectivity index (χ0n) is 14.5. The summed E-state index contributed by atoms with van der Waals surface area (Å²) in [6, 6.07) is 6.35. The normalized spacial score (nSPS) is 11.2. The van der Waals surface area contributed by atoms with Crippen LogP contribution in [-0.2, 0) is 6.54 Å². The molecule has 134 valence electrons. The van der Waals surface area contributed by atoms with Crippen molar-refractivity contribution < 1.29 is 4.92 Å². The van der Waals surface area contributed by atoms with Crippen LogP contribution in [0.4, 0.5) is 11.4 Å². The second kappa shape index (κ2) is 8.97. The molecule has 2 aromatic rings. The molecule has 0 fully saturated rings. The highest BCUT2D eigenvalue weighted by Crippen LogP contribution is 2.16. The van der Waals surface area contributed by atoms with Gasteiger partial charge in [0.2, 0.25) is 0 Å². The Kier molecular flexibility index (Phi) is 6.70. The van der Waals surface area contributed by atoms with Gasteiger partial charge < -0.3 is 16.0 Å². The summed E-state index contributed by atoms with van der Waals surface area (Å²) < 4.78 is 0. The number of aliphatic imine (C=N–C) groups is 1. The van der Waals surface area contributed by atoms with Gasteiger partial charge in [0.25, 0.3) is 5.69 Å². The van der Waals surface area contributed by atoms with Gasteiger partial charge in [0.1, 0.15) is 5.01 Å². The van der Waals surface area contributed by atoms with Gasteiger partial charge in [-0.2, -0.15) is 0 Å². The third-order valence-corrected chi connectivity index (χ3v) is 4.60. The van der Waals surface area contributed by atoms with Gasteiger partial charge in [0, 0.05) is 42.8 Å². The highest BCUT2D eigenvalue weighted by atomic mass is 32.1. The van der Waals surface area contributed by atoms with Gasteiger partial charge in [-0.1, -0.05) is 0 Å². The summed E-state index contributed by atoms with van der Waals surface area (Å²) in [5.41, 5.74) is 1.99. The quantitative estimate of drug-likeness (QED) is 0.230. The summed E-state index contributed by atoms with van der Waals surface area (Å²) in [5.74, 6) is 0.705. The van der Waals surface area contributed by atoms with E-state index in [4.69, 9.17) is 0 Å². The zero-order chi connectivity index (χ0) is 18.2. The van der Waals surface area contributed by atoms with Gasteiger partial charge in [-0.3, -0.25) is 15.1 Å². The maximum absolute atomic E-state index is 10.6. The number of rotatable bonds is 7. The molecule has 0 bridgehead atoms. The van der Waals surface area contributed by atoms with E-state index in [1.54, 1.807) is 30.5 Å². The Morgan fingerprint density at radius 3 is 2.52 bits per heavy atom. The van der Waals surface area contributed by atoms with E-state index >= 15 is 0 Å². The lowest BCUT2D eigenvalue weighted by atomic mass is 10.3. The maximum Gasteiger partial charge on any atom is 0.269 e. The number of nitrogens with zero attached hydrogens (tertiary/aromatic N) is 3. The molecule has 0 unspecified atom stereocenters. The van der Waals surface area contributed by atoms with E-state index in [-0.39, 0.29) is 5.69 Å². The predicted molar refractivity (Wildman–Crippen MR) is 101 cm³/mol. The van der Waals surface area contributed by atoms with Gasteiger partial charge in [-0.15, -0.1) is 11.3 Å².